The van der Waals surface area contributed by atoms with Crippen LogP contribution in [0.5, 0.6) is 0 Å². The third-order valence-corrected chi connectivity index (χ3v) is 3.17. The number of aromatic nitrogens is 2. The van der Waals surface area contributed by atoms with Crippen LogP contribution in [0.2, 0.25) is 0 Å². The highest BCUT2D eigenvalue weighted by Gasteiger charge is 2.12. The summed E-state index contributed by atoms with van der Waals surface area (Å²) in [6.45, 7) is 11.6. The molecule has 2 unspecified atom stereocenters. The minimum absolute atomic E-state index is 0.420. The summed E-state index contributed by atoms with van der Waals surface area (Å²) in [4.78, 5) is 8.72. The second kappa shape index (κ2) is 6.42. The molecular weight excluding hydrogens is 212 g/mol. The predicted octanol–water partition coefficient (Wildman–Crippen LogP) is 3.06. The Hall–Kier alpha value is -1.32. The molecule has 0 aliphatic carbocycles. The summed E-state index contributed by atoms with van der Waals surface area (Å²) in [5, 5.41) is 6.60. The molecule has 1 aromatic heterocycles. The molecule has 4 nitrogen and oxygen atoms in total. The van der Waals surface area contributed by atoms with Crippen LogP contribution < -0.4 is 10.6 Å². The first-order valence-electron chi connectivity index (χ1n) is 6.42. The second-order valence-corrected chi connectivity index (χ2v) is 4.57. The van der Waals surface area contributed by atoms with Gasteiger partial charge in [0.1, 0.15) is 5.82 Å². The maximum Gasteiger partial charge on any atom is 0.224 e. The lowest BCUT2D eigenvalue weighted by molar-refractivity contribution is 0.493. The van der Waals surface area contributed by atoms with Gasteiger partial charge >= 0.3 is 0 Å². The quantitative estimate of drug-likeness (QED) is 0.797. The van der Waals surface area contributed by atoms with Crippen LogP contribution in [0.3, 0.4) is 0 Å². The molecule has 0 amide bonds. The summed E-state index contributed by atoms with van der Waals surface area (Å²) in [5.41, 5.74) is 1.09. The predicted molar refractivity (Wildman–Crippen MR) is 73.5 cm³/mol. The first-order valence-corrected chi connectivity index (χ1v) is 6.42. The maximum atomic E-state index is 4.49. The summed E-state index contributed by atoms with van der Waals surface area (Å²) in [6.07, 6.45) is 3.02. The van der Waals surface area contributed by atoms with Crippen molar-refractivity contribution in [2.24, 2.45) is 5.92 Å². The van der Waals surface area contributed by atoms with Gasteiger partial charge in [-0.15, -0.1) is 0 Å². The summed E-state index contributed by atoms with van der Waals surface area (Å²) in [5.74, 6) is 2.26. The van der Waals surface area contributed by atoms with Crippen molar-refractivity contribution in [1.29, 1.82) is 0 Å². The molecule has 17 heavy (non-hydrogen) atoms. The van der Waals surface area contributed by atoms with Gasteiger partial charge in [-0.05, 0) is 26.7 Å². The van der Waals surface area contributed by atoms with E-state index in [-0.39, 0.29) is 0 Å². The summed E-state index contributed by atoms with van der Waals surface area (Å²) >= 11 is 0. The molecule has 1 aromatic rings. The van der Waals surface area contributed by atoms with Crippen LogP contribution >= 0.6 is 0 Å². The van der Waals surface area contributed by atoms with E-state index in [2.05, 4.69) is 41.4 Å². The highest BCUT2D eigenvalue weighted by atomic mass is 15.1. The Morgan fingerprint density at radius 1 is 1.29 bits per heavy atom. The lowest BCUT2D eigenvalue weighted by atomic mass is 10.0. The number of aryl methyl sites for hydroxylation is 1. The van der Waals surface area contributed by atoms with Gasteiger partial charge in [0.05, 0.1) is 0 Å². The minimum Gasteiger partial charge on any atom is -0.367 e. The first kappa shape index (κ1) is 13.7. The standard InChI is InChI=1S/C13H24N4/c1-6-9(3)11(5)16-12-10(4)8-15-13(17-12)14-7-2/h8-9,11H,6-7H2,1-5H3,(H2,14,15,16,17). The largest absolute Gasteiger partial charge is 0.367 e. The molecule has 1 rings (SSSR count). The van der Waals surface area contributed by atoms with E-state index in [4.69, 9.17) is 0 Å². The molecule has 0 bridgehead atoms. The van der Waals surface area contributed by atoms with Gasteiger partial charge in [0.25, 0.3) is 0 Å². The van der Waals surface area contributed by atoms with Crippen LogP contribution in [-0.2, 0) is 0 Å². The van der Waals surface area contributed by atoms with Gasteiger partial charge in [-0.25, -0.2) is 4.98 Å². The van der Waals surface area contributed by atoms with Gasteiger partial charge in [0, 0.05) is 24.3 Å². The first-order chi connectivity index (χ1) is 8.08. The third-order valence-electron chi connectivity index (χ3n) is 3.17. The van der Waals surface area contributed by atoms with Gasteiger partial charge in [0.15, 0.2) is 0 Å². The Labute approximate surface area is 104 Å². The van der Waals surface area contributed by atoms with Gasteiger partial charge < -0.3 is 10.6 Å². The smallest absolute Gasteiger partial charge is 0.224 e. The zero-order valence-electron chi connectivity index (χ0n) is 11.5. The van der Waals surface area contributed by atoms with Crippen molar-refractivity contribution in [3.8, 4) is 0 Å². The van der Waals surface area contributed by atoms with Crippen LogP contribution in [0.15, 0.2) is 6.20 Å². The molecule has 0 aromatic carbocycles. The van der Waals surface area contributed by atoms with E-state index in [1.807, 2.05) is 20.0 Å². The number of rotatable bonds is 6. The minimum atomic E-state index is 0.420. The number of hydrogen-bond acceptors (Lipinski definition) is 4. The lowest BCUT2D eigenvalue weighted by Gasteiger charge is -2.21. The Morgan fingerprint density at radius 2 is 2.00 bits per heavy atom. The third kappa shape index (κ3) is 3.88. The fourth-order valence-electron chi connectivity index (χ4n) is 1.54. The highest BCUT2D eigenvalue weighted by molar-refractivity contribution is 5.47. The van der Waals surface area contributed by atoms with Crippen LogP contribution in [0.25, 0.3) is 0 Å². The molecule has 0 saturated heterocycles. The van der Waals surface area contributed by atoms with Crippen molar-refractivity contribution in [3.05, 3.63) is 11.8 Å². The number of hydrogen-bond donors (Lipinski definition) is 2. The molecule has 0 saturated carbocycles. The van der Waals surface area contributed by atoms with Crippen molar-refractivity contribution < 1.29 is 0 Å². The summed E-state index contributed by atoms with van der Waals surface area (Å²) in [7, 11) is 0. The molecule has 0 fully saturated rings. The van der Waals surface area contributed by atoms with E-state index in [1.165, 1.54) is 6.42 Å². The van der Waals surface area contributed by atoms with Crippen LogP contribution in [-0.4, -0.2) is 22.6 Å². The fraction of sp³-hybridized carbons (Fsp3) is 0.692. The van der Waals surface area contributed by atoms with E-state index in [9.17, 15) is 0 Å². The van der Waals surface area contributed by atoms with Crippen LogP contribution in [0.4, 0.5) is 11.8 Å². The van der Waals surface area contributed by atoms with E-state index < -0.39 is 0 Å². The van der Waals surface area contributed by atoms with Crippen molar-refractivity contribution >= 4 is 11.8 Å². The molecule has 2 N–H and O–H groups in total. The molecule has 4 heteroatoms. The number of anilines is 2. The molecule has 1 heterocycles. The SMILES string of the molecule is CCNc1ncc(C)c(NC(C)C(C)CC)n1. The Kier molecular flexibility index (Phi) is 5.19. The van der Waals surface area contributed by atoms with Crippen molar-refractivity contribution in [3.63, 3.8) is 0 Å². The highest BCUT2D eigenvalue weighted by Crippen LogP contribution is 2.17. The van der Waals surface area contributed by atoms with E-state index in [1.54, 1.807) is 0 Å². The molecule has 0 spiro atoms. The lowest BCUT2D eigenvalue weighted by Crippen LogP contribution is -2.24. The Bertz CT molecular complexity index is 351. The Morgan fingerprint density at radius 3 is 2.59 bits per heavy atom. The molecule has 0 aliphatic rings. The van der Waals surface area contributed by atoms with Crippen molar-refractivity contribution in [2.45, 2.75) is 47.1 Å². The molecule has 0 radical (unpaired) electrons. The zero-order chi connectivity index (χ0) is 12.8. The number of nitrogens with one attached hydrogen (secondary N) is 2. The van der Waals surface area contributed by atoms with E-state index in [0.29, 0.717) is 17.9 Å². The second-order valence-electron chi connectivity index (χ2n) is 4.57. The summed E-state index contributed by atoms with van der Waals surface area (Å²) in [6, 6.07) is 0.420. The molecule has 2 atom stereocenters. The average Bonchev–Trinajstić information content (AvgIpc) is 2.32. The van der Waals surface area contributed by atoms with Gasteiger partial charge in [-0.2, -0.15) is 4.98 Å². The normalized spacial score (nSPS) is 14.2. The maximum absolute atomic E-state index is 4.49. The van der Waals surface area contributed by atoms with E-state index >= 15 is 0 Å². The Balaban J connectivity index is 2.78. The fourth-order valence-corrected chi connectivity index (χ4v) is 1.54. The van der Waals surface area contributed by atoms with Gasteiger partial charge in [-0.1, -0.05) is 20.3 Å². The van der Waals surface area contributed by atoms with Crippen molar-refractivity contribution in [2.75, 3.05) is 17.2 Å². The molecular formula is C13H24N4. The van der Waals surface area contributed by atoms with Crippen LogP contribution in [0.1, 0.15) is 39.7 Å². The van der Waals surface area contributed by atoms with E-state index in [0.717, 1.165) is 17.9 Å². The summed E-state index contributed by atoms with van der Waals surface area (Å²) < 4.78 is 0. The van der Waals surface area contributed by atoms with Gasteiger partial charge in [0.2, 0.25) is 5.95 Å². The average molecular weight is 236 g/mol. The molecule has 96 valence electrons. The topological polar surface area (TPSA) is 49.8 Å². The molecule has 0 aliphatic heterocycles. The van der Waals surface area contributed by atoms with Crippen molar-refractivity contribution in [1.82, 2.24) is 9.97 Å². The number of nitrogens with zero attached hydrogens (tertiary/aromatic N) is 2. The van der Waals surface area contributed by atoms with Crippen LogP contribution in [0, 0.1) is 12.8 Å². The zero-order valence-corrected chi connectivity index (χ0v) is 11.5. The monoisotopic (exact) mass is 236 g/mol. The van der Waals surface area contributed by atoms with Gasteiger partial charge in [-0.3, -0.25) is 0 Å².